The SMILES string of the molecule is C=C(N)CNC(=O)CNC(=O)CNC(=O)CNC(=O)C(CC(=O)O)NC(=O)CCCCCC. The number of unbranched alkanes of at least 4 members (excludes halogenated alkanes) is 3. The van der Waals surface area contributed by atoms with Crippen LogP contribution in [0.5, 0.6) is 0 Å². The number of hydrogen-bond acceptors (Lipinski definition) is 7. The van der Waals surface area contributed by atoms with Gasteiger partial charge in [0.1, 0.15) is 6.04 Å². The molecule has 0 bridgehead atoms. The first kappa shape index (κ1) is 29.4. The number of nitrogens with one attached hydrogen (secondary N) is 5. The maximum absolute atomic E-state index is 12.2. The van der Waals surface area contributed by atoms with E-state index in [1.165, 1.54) is 0 Å². The molecule has 0 aromatic heterocycles. The summed E-state index contributed by atoms with van der Waals surface area (Å²) in [5.41, 5.74) is 5.55. The zero-order valence-corrected chi connectivity index (χ0v) is 18.8. The highest BCUT2D eigenvalue weighted by atomic mass is 16.4. The third kappa shape index (κ3) is 16.7. The van der Waals surface area contributed by atoms with Crippen LogP contribution in [-0.2, 0) is 28.8 Å². The van der Waals surface area contributed by atoms with Crippen LogP contribution in [0.2, 0.25) is 0 Å². The summed E-state index contributed by atoms with van der Waals surface area (Å²) in [7, 11) is 0. The summed E-state index contributed by atoms with van der Waals surface area (Å²) in [5, 5.41) is 20.5. The Labute approximate surface area is 192 Å². The van der Waals surface area contributed by atoms with E-state index in [9.17, 15) is 28.8 Å². The number of carboxylic acids is 1. The molecule has 33 heavy (non-hydrogen) atoms. The van der Waals surface area contributed by atoms with Crippen LogP contribution < -0.4 is 32.3 Å². The Bertz CT molecular complexity index is 726. The van der Waals surface area contributed by atoms with E-state index in [1.807, 2.05) is 6.92 Å². The highest BCUT2D eigenvalue weighted by Crippen LogP contribution is 2.03. The summed E-state index contributed by atoms with van der Waals surface area (Å²) < 4.78 is 0. The number of amides is 5. The molecule has 0 aliphatic rings. The maximum atomic E-state index is 12.2. The van der Waals surface area contributed by atoms with Gasteiger partial charge in [0.15, 0.2) is 0 Å². The number of carbonyl (C=O) groups excluding carboxylic acids is 5. The van der Waals surface area contributed by atoms with Crippen LogP contribution in [0.1, 0.15) is 45.4 Å². The van der Waals surface area contributed by atoms with Gasteiger partial charge < -0.3 is 37.4 Å². The van der Waals surface area contributed by atoms with Crippen molar-refractivity contribution < 1.29 is 33.9 Å². The second-order valence-electron chi connectivity index (χ2n) is 7.23. The molecule has 0 saturated heterocycles. The first-order valence-corrected chi connectivity index (χ1v) is 10.6. The molecule has 0 aromatic carbocycles. The smallest absolute Gasteiger partial charge is 0.305 e. The summed E-state index contributed by atoms with van der Waals surface area (Å²) in [5.74, 6) is -4.43. The highest BCUT2D eigenvalue weighted by Gasteiger charge is 2.24. The van der Waals surface area contributed by atoms with E-state index in [2.05, 4.69) is 33.2 Å². The van der Waals surface area contributed by atoms with Crippen molar-refractivity contribution in [3.8, 4) is 0 Å². The van der Waals surface area contributed by atoms with E-state index in [1.54, 1.807) is 0 Å². The first-order chi connectivity index (χ1) is 15.5. The highest BCUT2D eigenvalue weighted by molar-refractivity contribution is 5.93. The van der Waals surface area contributed by atoms with Gasteiger partial charge in [-0.3, -0.25) is 28.8 Å². The second-order valence-corrected chi connectivity index (χ2v) is 7.23. The van der Waals surface area contributed by atoms with Gasteiger partial charge in [-0.15, -0.1) is 0 Å². The number of rotatable bonds is 17. The van der Waals surface area contributed by atoms with Crippen LogP contribution in [-0.4, -0.2) is 72.8 Å². The molecular formula is C20H34N6O7. The normalized spacial score (nSPS) is 10.9. The molecule has 13 nitrogen and oxygen atoms in total. The summed E-state index contributed by atoms with van der Waals surface area (Å²) in [6.07, 6.45) is 2.96. The molecule has 0 aliphatic heterocycles. The first-order valence-electron chi connectivity index (χ1n) is 10.6. The molecule has 0 heterocycles. The molecule has 0 aliphatic carbocycles. The minimum Gasteiger partial charge on any atom is -0.481 e. The molecule has 186 valence electrons. The van der Waals surface area contributed by atoms with Crippen molar-refractivity contribution in [2.45, 2.75) is 51.5 Å². The van der Waals surface area contributed by atoms with Gasteiger partial charge in [-0.05, 0) is 6.42 Å². The van der Waals surface area contributed by atoms with Crippen molar-refractivity contribution in [1.29, 1.82) is 0 Å². The van der Waals surface area contributed by atoms with Crippen LogP contribution in [0.25, 0.3) is 0 Å². The van der Waals surface area contributed by atoms with Crippen molar-refractivity contribution in [3.63, 3.8) is 0 Å². The summed E-state index contributed by atoms with van der Waals surface area (Å²) in [6.45, 7) is 4.19. The molecule has 0 spiro atoms. The van der Waals surface area contributed by atoms with E-state index in [0.29, 0.717) is 6.42 Å². The Balaban J connectivity index is 4.34. The largest absolute Gasteiger partial charge is 0.481 e. The average molecular weight is 471 g/mol. The number of aliphatic carboxylic acids is 1. The van der Waals surface area contributed by atoms with E-state index in [4.69, 9.17) is 10.8 Å². The Morgan fingerprint density at radius 1 is 0.788 bits per heavy atom. The van der Waals surface area contributed by atoms with Crippen molar-refractivity contribution in [3.05, 3.63) is 12.3 Å². The lowest BCUT2D eigenvalue weighted by molar-refractivity contribution is -0.140. The van der Waals surface area contributed by atoms with Crippen molar-refractivity contribution in [1.82, 2.24) is 26.6 Å². The number of carbonyl (C=O) groups is 6. The van der Waals surface area contributed by atoms with Gasteiger partial charge >= 0.3 is 5.97 Å². The van der Waals surface area contributed by atoms with Crippen LogP contribution in [0.3, 0.4) is 0 Å². The number of hydrogen-bond donors (Lipinski definition) is 7. The molecule has 0 radical (unpaired) electrons. The molecule has 13 heteroatoms. The minimum atomic E-state index is -1.33. The predicted octanol–water partition coefficient (Wildman–Crippen LogP) is -2.15. The third-order valence-corrected chi connectivity index (χ3v) is 4.12. The maximum Gasteiger partial charge on any atom is 0.305 e. The average Bonchev–Trinajstić information content (AvgIpc) is 2.75. The van der Waals surface area contributed by atoms with E-state index in [0.717, 1.165) is 19.3 Å². The molecule has 8 N–H and O–H groups in total. The molecule has 0 aromatic rings. The van der Waals surface area contributed by atoms with Crippen LogP contribution in [0, 0.1) is 0 Å². The lowest BCUT2D eigenvalue weighted by Gasteiger charge is -2.17. The summed E-state index contributed by atoms with van der Waals surface area (Å²) >= 11 is 0. The second kappa shape index (κ2) is 17.0. The van der Waals surface area contributed by atoms with Gasteiger partial charge in [0.25, 0.3) is 0 Å². The van der Waals surface area contributed by atoms with E-state index < -0.39 is 61.1 Å². The Kier molecular flexibility index (Phi) is 15.1. The van der Waals surface area contributed by atoms with Gasteiger partial charge in [0.05, 0.1) is 32.6 Å². The van der Waals surface area contributed by atoms with E-state index >= 15 is 0 Å². The Morgan fingerprint density at radius 2 is 1.30 bits per heavy atom. The van der Waals surface area contributed by atoms with Gasteiger partial charge in [-0.2, -0.15) is 0 Å². The third-order valence-electron chi connectivity index (χ3n) is 4.12. The molecular weight excluding hydrogens is 436 g/mol. The van der Waals surface area contributed by atoms with Crippen LogP contribution in [0.4, 0.5) is 0 Å². The number of nitrogens with two attached hydrogens (primary N) is 1. The van der Waals surface area contributed by atoms with Gasteiger partial charge in [0.2, 0.25) is 29.5 Å². The zero-order chi connectivity index (χ0) is 25.2. The standard InChI is InChI=1S/C20H34N6O7/c1-3-4-5-6-7-15(27)26-14(8-19(31)32)20(33)25-12-18(30)24-11-17(29)23-10-16(28)22-9-13(2)21/h14H,2-12,21H2,1H3,(H,22,28)(H,23,29)(H,24,30)(H,25,33)(H,26,27)(H,31,32). The summed E-state index contributed by atoms with van der Waals surface area (Å²) in [6, 6.07) is -1.33. The fourth-order valence-corrected chi connectivity index (χ4v) is 2.41. The van der Waals surface area contributed by atoms with Crippen molar-refractivity contribution >= 4 is 35.5 Å². The Morgan fingerprint density at radius 3 is 1.79 bits per heavy atom. The van der Waals surface area contributed by atoms with Crippen molar-refractivity contribution in [2.75, 3.05) is 26.2 Å². The molecule has 0 saturated carbocycles. The van der Waals surface area contributed by atoms with Gasteiger partial charge in [-0.25, -0.2) is 0 Å². The minimum absolute atomic E-state index is 0.0628. The fourth-order valence-electron chi connectivity index (χ4n) is 2.41. The van der Waals surface area contributed by atoms with E-state index in [-0.39, 0.29) is 25.2 Å². The molecule has 1 atom stereocenters. The molecule has 1 unspecified atom stereocenters. The predicted molar refractivity (Wildman–Crippen MR) is 118 cm³/mol. The van der Waals surface area contributed by atoms with Crippen LogP contribution >= 0.6 is 0 Å². The molecule has 0 rings (SSSR count). The lowest BCUT2D eigenvalue weighted by Crippen LogP contribution is -2.50. The van der Waals surface area contributed by atoms with Crippen molar-refractivity contribution in [2.24, 2.45) is 5.73 Å². The quantitative estimate of drug-likeness (QED) is 0.116. The lowest BCUT2D eigenvalue weighted by atomic mass is 10.1. The molecule has 0 fully saturated rings. The van der Waals surface area contributed by atoms with Gasteiger partial charge in [0, 0.05) is 12.1 Å². The number of carboxylic acid groups (broad SMARTS) is 1. The molecule has 5 amide bonds. The topological polar surface area (TPSA) is 209 Å². The monoisotopic (exact) mass is 470 g/mol. The van der Waals surface area contributed by atoms with Crippen LogP contribution in [0.15, 0.2) is 12.3 Å². The Hall–Kier alpha value is -3.64. The zero-order valence-electron chi connectivity index (χ0n) is 18.8. The van der Waals surface area contributed by atoms with Gasteiger partial charge in [-0.1, -0.05) is 32.8 Å². The summed E-state index contributed by atoms with van der Waals surface area (Å²) in [4.78, 5) is 70.1. The fraction of sp³-hybridized carbons (Fsp3) is 0.600.